The number of hydrogen-bond acceptors (Lipinski definition) is 4. The van der Waals surface area contributed by atoms with Crippen LogP contribution in [0.2, 0.25) is 0 Å². The molecule has 2 aromatic rings. The Morgan fingerprint density at radius 2 is 1.81 bits per heavy atom. The number of nitrogens with zero attached hydrogens (tertiary/aromatic N) is 1. The van der Waals surface area contributed by atoms with Gasteiger partial charge in [0.15, 0.2) is 5.78 Å². The van der Waals surface area contributed by atoms with E-state index in [1.807, 2.05) is 37.3 Å². The number of Topliss-reactive ketones (excluding diaryl/α,β-unsaturated/α-hetero) is 1. The predicted octanol–water partition coefficient (Wildman–Crippen LogP) is 5.05. The molecule has 0 amide bonds. The zero-order valence-electron chi connectivity index (χ0n) is 17.9. The molecule has 1 N–H and O–H groups in total. The lowest BCUT2D eigenvalue weighted by Gasteiger charge is -2.38. The maximum absolute atomic E-state index is 14.1. The van der Waals surface area contributed by atoms with E-state index in [1.54, 1.807) is 17.0 Å². The van der Waals surface area contributed by atoms with Crippen molar-refractivity contribution in [1.82, 2.24) is 4.90 Å². The number of piperidine rings is 1. The Balaban J connectivity index is 0.00000363. The van der Waals surface area contributed by atoms with Gasteiger partial charge in [0, 0.05) is 32.4 Å². The molecule has 1 heterocycles. The molecule has 0 unspecified atom stereocenters. The van der Waals surface area contributed by atoms with Crippen molar-refractivity contribution in [3.8, 4) is 5.75 Å². The number of carbonyl (C=O) groups excluding carboxylic acids is 1. The zero-order valence-corrected chi connectivity index (χ0v) is 18.7. The second kappa shape index (κ2) is 11.4. The number of rotatable bonds is 9. The molecule has 0 saturated carbocycles. The number of hydrogen-bond donors (Lipinski definition) is 1. The molecule has 0 aliphatic carbocycles. The van der Waals surface area contributed by atoms with Crippen molar-refractivity contribution in [1.29, 1.82) is 0 Å². The lowest BCUT2D eigenvalue weighted by molar-refractivity contribution is -0.136. The fourth-order valence-corrected chi connectivity index (χ4v) is 3.87. The second-order valence-corrected chi connectivity index (χ2v) is 8.02. The minimum atomic E-state index is -2.86. The van der Waals surface area contributed by atoms with Crippen LogP contribution >= 0.6 is 12.4 Å². The number of carboxylic acid groups (broad SMARTS) is 1. The Hall–Kier alpha value is -2.51. The van der Waals surface area contributed by atoms with E-state index in [0.717, 1.165) is 5.56 Å². The number of carbonyl (C=O) groups is 2. The Kier molecular flexibility index (Phi) is 9.16. The van der Waals surface area contributed by atoms with E-state index >= 15 is 0 Å². The Bertz CT molecular complexity index is 893. The summed E-state index contributed by atoms with van der Waals surface area (Å²) in [7, 11) is 0. The SMILES string of the molecule is C[C@H](CC(=O)[C@@H]1CC(F)(F)CCN1CCOc1ccccc1)c1ccc(C(=O)O)cc1.Cl. The number of carboxylic acids is 1. The monoisotopic (exact) mass is 467 g/mol. The van der Waals surface area contributed by atoms with Crippen molar-refractivity contribution >= 4 is 24.2 Å². The van der Waals surface area contributed by atoms with Crippen molar-refractivity contribution in [3.05, 3.63) is 65.7 Å². The van der Waals surface area contributed by atoms with E-state index in [9.17, 15) is 18.4 Å². The molecule has 0 bridgehead atoms. The Labute approximate surface area is 192 Å². The summed E-state index contributed by atoms with van der Waals surface area (Å²) >= 11 is 0. The zero-order chi connectivity index (χ0) is 22.4. The third-order valence-corrected chi connectivity index (χ3v) is 5.69. The summed E-state index contributed by atoms with van der Waals surface area (Å²) in [5.41, 5.74) is 0.971. The quantitative estimate of drug-likeness (QED) is 0.559. The average molecular weight is 468 g/mol. The number of ketones is 1. The highest BCUT2D eigenvalue weighted by Gasteiger charge is 2.43. The van der Waals surface area contributed by atoms with E-state index in [2.05, 4.69) is 0 Å². The topological polar surface area (TPSA) is 66.8 Å². The van der Waals surface area contributed by atoms with E-state index in [1.165, 1.54) is 12.1 Å². The molecule has 8 heteroatoms. The van der Waals surface area contributed by atoms with Crippen LogP contribution in [0.4, 0.5) is 8.78 Å². The molecule has 2 atom stereocenters. The van der Waals surface area contributed by atoms with Crippen LogP contribution in [0.25, 0.3) is 0 Å². The summed E-state index contributed by atoms with van der Waals surface area (Å²) in [5.74, 6) is -3.61. The van der Waals surface area contributed by atoms with Gasteiger partial charge in [-0.15, -0.1) is 12.4 Å². The second-order valence-electron chi connectivity index (χ2n) is 8.02. The van der Waals surface area contributed by atoms with Gasteiger partial charge in [0.2, 0.25) is 0 Å². The molecule has 0 spiro atoms. The predicted molar refractivity (Wildman–Crippen MR) is 120 cm³/mol. The fraction of sp³-hybridized carbons (Fsp3) is 0.417. The van der Waals surface area contributed by atoms with Crippen molar-refractivity contribution < 1.29 is 28.2 Å². The van der Waals surface area contributed by atoms with Crippen molar-refractivity contribution in [2.75, 3.05) is 19.7 Å². The largest absolute Gasteiger partial charge is 0.492 e. The number of halogens is 3. The van der Waals surface area contributed by atoms with Gasteiger partial charge in [0.05, 0.1) is 11.6 Å². The molecule has 3 rings (SSSR count). The van der Waals surface area contributed by atoms with E-state index in [-0.39, 0.29) is 49.1 Å². The highest BCUT2D eigenvalue weighted by Crippen LogP contribution is 2.33. The van der Waals surface area contributed by atoms with Crippen LogP contribution in [0.5, 0.6) is 5.75 Å². The normalized spacial score (nSPS) is 18.9. The number of aromatic carboxylic acids is 1. The van der Waals surface area contributed by atoms with Gasteiger partial charge in [-0.3, -0.25) is 9.69 Å². The maximum atomic E-state index is 14.1. The molecule has 1 fully saturated rings. The average Bonchev–Trinajstić information content (AvgIpc) is 2.75. The minimum absolute atomic E-state index is 0. The third-order valence-electron chi connectivity index (χ3n) is 5.69. The van der Waals surface area contributed by atoms with Crippen LogP contribution in [0.3, 0.4) is 0 Å². The third kappa shape index (κ3) is 7.00. The standard InChI is InChI=1S/C24H27F2NO4.ClH/c1-17(18-7-9-19(10-8-18)23(29)30)15-22(28)21-16-24(25,26)11-12-27(21)13-14-31-20-5-3-2-4-6-20;/h2-10,17,21H,11-16H2,1H3,(H,29,30);1H/t17-,21+;/m1./s1. The van der Waals surface area contributed by atoms with Crippen LogP contribution in [0, 0.1) is 0 Å². The summed E-state index contributed by atoms with van der Waals surface area (Å²) in [6.45, 7) is 2.69. The van der Waals surface area contributed by atoms with Crippen molar-refractivity contribution in [2.24, 2.45) is 0 Å². The molecule has 32 heavy (non-hydrogen) atoms. The molecule has 0 aromatic heterocycles. The summed E-state index contributed by atoms with van der Waals surface area (Å²) in [6, 6.07) is 14.7. The van der Waals surface area contributed by atoms with E-state index in [4.69, 9.17) is 9.84 Å². The van der Waals surface area contributed by atoms with Crippen LogP contribution in [-0.4, -0.2) is 53.4 Å². The number of para-hydroxylation sites is 1. The molecular weight excluding hydrogens is 440 g/mol. The van der Waals surface area contributed by atoms with E-state index in [0.29, 0.717) is 18.9 Å². The van der Waals surface area contributed by atoms with Gasteiger partial charge in [0.25, 0.3) is 5.92 Å². The first-order chi connectivity index (χ1) is 14.7. The first kappa shape index (κ1) is 25.7. The van der Waals surface area contributed by atoms with E-state index < -0.39 is 24.4 Å². The van der Waals surface area contributed by atoms with Crippen LogP contribution in [0.1, 0.15) is 48.0 Å². The first-order valence-electron chi connectivity index (χ1n) is 10.4. The van der Waals surface area contributed by atoms with Crippen molar-refractivity contribution in [2.45, 2.75) is 44.1 Å². The molecular formula is C24H28ClF2NO4. The summed E-state index contributed by atoms with van der Waals surface area (Å²) in [4.78, 5) is 25.8. The highest BCUT2D eigenvalue weighted by atomic mass is 35.5. The molecule has 1 saturated heterocycles. The lowest BCUT2D eigenvalue weighted by Crippen LogP contribution is -2.52. The van der Waals surface area contributed by atoms with Gasteiger partial charge >= 0.3 is 5.97 Å². The van der Waals surface area contributed by atoms with Crippen LogP contribution in [0.15, 0.2) is 54.6 Å². The lowest BCUT2D eigenvalue weighted by atomic mass is 9.88. The summed E-state index contributed by atoms with van der Waals surface area (Å²) in [6.07, 6.45) is -0.640. The summed E-state index contributed by atoms with van der Waals surface area (Å²) in [5, 5.41) is 9.01. The Morgan fingerprint density at radius 1 is 1.16 bits per heavy atom. The number of benzene rings is 2. The van der Waals surface area contributed by atoms with Gasteiger partial charge in [-0.05, 0) is 35.7 Å². The highest BCUT2D eigenvalue weighted by molar-refractivity contribution is 5.87. The maximum Gasteiger partial charge on any atom is 0.335 e. The summed E-state index contributed by atoms with van der Waals surface area (Å²) < 4.78 is 33.9. The van der Waals surface area contributed by atoms with Crippen molar-refractivity contribution in [3.63, 3.8) is 0 Å². The molecule has 1 aliphatic rings. The van der Waals surface area contributed by atoms with Crippen LogP contribution < -0.4 is 4.74 Å². The van der Waals surface area contributed by atoms with Gasteiger partial charge in [-0.1, -0.05) is 37.3 Å². The number of likely N-dealkylation sites (tertiary alicyclic amines) is 1. The first-order valence-corrected chi connectivity index (χ1v) is 10.4. The Morgan fingerprint density at radius 3 is 2.44 bits per heavy atom. The van der Waals surface area contributed by atoms with Gasteiger partial charge in [-0.25, -0.2) is 13.6 Å². The smallest absolute Gasteiger partial charge is 0.335 e. The number of ether oxygens (including phenoxy) is 1. The molecule has 5 nitrogen and oxygen atoms in total. The van der Waals surface area contributed by atoms with Crippen LogP contribution in [-0.2, 0) is 4.79 Å². The molecule has 2 aromatic carbocycles. The number of alkyl halides is 2. The fourth-order valence-electron chi connectivity index (χ4n) is 3.87. The van der Waals surface area contributed by atoms with Gasteiger partial charge in [-0.2, -0.15) is 0 Å². The van der Waals surface area contributed by atoms with Gasteiger partial charge < -0.3 is 9.84 Å². The molecule has 0 radical (unpaired) electrons. The molecule has 174 valence electrons. The van der Waals surface area contributed by atoms with Gasteiger partial charge in [0.1, 0.15) is 12.4 Å². The minimum Gasteiger partial charge on any atom is -0.492 e. The molecule has 1 aliphatic heterocycles.